The maximum Gasteiger partial charge on any atom is 0.143 e. The Kier molecular flexibility index (Phi) is 2.31. The lowest BCUT2D eigenvalue weighted by molar-refractivity contribution is 0.672. The largest absolute Gasteiger partial charge is 0.455 e. The molecule has 1 heteroatoms. The van der Waals surface area contributed by atoms with Crippen molar-refractivity contribution in [2.45, 2.75) is 0 Å². The van der Waals surface area contributed by atoms with E-state index in [9.17, 15) is 12.3 Å². The zero-order chi connectivity index (χ0) is 55.3. The van der Waals surface area contributed by atoms with Gasteiger partial charge >= 0.3 is 0 Å². The minimum atomic E-state index is -1.08. The Hall–Kier alpha value is -6.18. The third kappa shape index (κ3) is 3.97. The van der Waals surface area contributed by atoms with Crippen molar-refractivity contribution >= 4 is 65.0 Å². The second-order valence-electron chi connectivity index (χ2n) is 10.3. The van der Waals surface area contributed by atoms with Crippen LogP contribution in [0.1, 0.15) is 38.4 Å². The lowest BCUT2D eigenvalue weighted by Gasteiger charge is -2.19. The lowest BCUT2D eigenvalue weighted by atomic mass is 9.84. The van der Waals surface area contributed by atoms with E-state index in [1.54, 1.807) is 0 Å². The van der Waals surface area contributed by atoms with E-state index >= 15 is 0 Å². The number of furan rings is 1. The molecule has 0 aliphatic heterocycles. The first-order chi connectivity index (χ1) is 35.0. The van der Waals surface area contributed by atoms with Gasteiger partial charge in [0.05, 0.1) is 38.4 Å². The summed E-state index contributed by atoms with van der Waals surface area (Å²) < 4.78 is 259. The van der Waals surface area contributed by atoms with Crippen molar-refractivity contribution in [2.24, 2.45) is 0 Å². The zero-order valence-electron chi connectivity index (χ0n) is 51.4. The fourth-order valence-electron chi connectivity index (χ4n) is 5.79. The highest BCUT2D eigenvalue weighted by Gasteiger charge is 2.19. The average Bonchev–Trinajstić information content (AvgIpc) is 3.79. The van der Waals surface area contributed by atoms with Gasteiger partial charge in [-0.1, -0.05) is 139 Å². The number of rotatable bonds is 3. The number of benzene rings is 9. The van der Waals surface area contributed by atoms with Gasteiger partial charge in [-0.15, -0.1) is 0 Å². The van der Waals surface area contributed by atoms with Crippen LogP contribution < -0.4 is 0 Å². The van der Waals surface area contributed by atoms with Crippen LogP contribution >= 0.6 is 0 Å². The van der Waals surface area contributed by atoms with E-state index < -0.39 is 268 Å². The molecule has 0 atom stereocenters. The highest BCUT2D eigenvalue weighted by Crippen LogP contribution is 2.46. The van der Waals surface area contributed by atoms with Gasteiger partial charge < -0.3 is 4.42 Å². The van der Waals surface area contributed by atoms with E-state index in [2.05, 4.69) is 0 Å². The summed E-state index contributed by atoms with van der Waals surface area (Å²) in [7, 11) is 0. The fourth-order valence-corrected chi connectivity index (χ4v) is 5.79. The molecule has 0 bridgehead atoms. The van der Waals surface area contributed by atoms with Crippen LogP contribution in [0.2, 0.25) is 0 Å². The first-order valence-electron chi connectivity index (χ1n) is 27.9. The quantitative estimate of drug-likeness (QED) is 0.178. The van der Waals surface area contributed by atoms with Gasteiger partial charge in [-0.05, 0) is 101 Å². The normalized spacial score (nSPS) is 20.2. The molecule has 0 amide bonds. The topological polar surface area (TPSA) is 13.1 Å². The molecule has 218 valence electrons. The monoisotopic (exact) mass is 624 g/mol. The molecule has 10 aromatic rings. The van der Waals surface area contributed by atoms with Gasteiger partial charge in [0.2, 0.25) is 0 Å². The summed E-state index contributed by atoms with van der Waals surface area (Å²) in [6.07, 6.45) is 0. The Morgan fingerprint density at radius 1 is 0.340 bits per heavy atom. The second kappa shape index (κ2) is 10.2. The molecule has 1 nitrogen and oxygen atoms in total. The standard InChI is InChI=1S/C46H28O/c1-2-12-29(13-3-1)41-28-33(26-31-15-5-6-16-34(31)41)45-38-20-10-8-18-36(38)44(37-19-9-11-21-39(37)45)32-23-25-43-42(27-32)40-24-22-30-14-4-7-17-35(30)46(40)47-43/h1-28H/i1D,2D,3D,4D,5D,6D,7D,8D,9D,10D,11D,12D,13D,14D,15D,16D,17D,18D,19D,20D,21D,22D,23D,24D,25D,26D,27D,28D. The smallest absolute Gasteiger partial charge is 0.143 e. The predicted octanol–water partition coefficient (Wildman–Crippen LogP) is 13.2. The summed E-state index contributed by atoms with van der Waals surface area (Å²) in [5, 5.41) is -6.46. The van der Waals surface area contributed by atoms with E-state index in [1.165, 1.54) is 0 Å². The molecule has 1 aromatic heterocycles. The zero-order valence-corrected chi connectivity index (χ0v) is 23.4. The maximum atomic E-state index is 9.96. The molecule has 9 aromatic carbocycles. The van der Waals surface area contributed by atoms with Gasteiger partial charge in [0.15, 0.2) is 0 Å². The van der Waals surface area contributed by atoms with E-state index in [4.69, 9.17) is 30.5 Å². The molecule has 47 heavy (non-hydrogen) atoms. The van der Waals surface area contributed by atoms with Crippen molar-refractivity contribution in [1.29, 1.82) is 0 Å². The Balaban J connectivity index is 1.54. The number of hydrogen-bond donors (Lipinski definition) is 0. The summed E-state index contributed by atoms with van der Waals surface area (Å²) in [6.45, 7) is 0. The molecule has 0 fully saturated rings. The minimum Gasteiger partial charge on any atom is -0.455 e. The molecule has 0 unspecified atom stereocenters. The highest BCUT2D eigenvalue weighted by atomic mass is 16.3. The van der Waals surface area contributed by atoms with E-state index in [0.29, 0.717) is 0 Å². The van der Waals surface area contributed by atoms with Crippen LogP contribution in [0.3, 0.4) is 0 Å². The molecule has 0 saturated carbocycles. The van der Waals surface area contributed by atoms with Gasteiger partial charge in [-0.2, -0.15) is 0 Å². The summed E-state index contributed by atoms with van der Waals surface area (Å²) >= 11 is 0. The number of fused-ring (bicyclic) bond motifs is 8. The molecule has 0 spiro atoms. The van der Waals surface area contributed by atoms with Crippen LogP contribution in [-0.2, 0) is 0 Å². The van der Waals surface area contributed by atoms with Crippen LogP contribution in [0, 0.1) is 0 Å². The van der Waals surface area contributed by atoms with Gasteiger partial charge in [0, 0.05) is 16.2 Å². The van der Waals surface area contributed by atoms with Crippen LogP contribution in [0.5, 0.6) is 0 Å². The van der Waals surface area contributed by atoms with Crippen molar-refractivity contribution in [3.8, 4) is 33.4 Å². The van der Waals surface area contributed by atoms with Crippen molar-refractivity contribution in [2.75, 3.05) is 0 Å². The predicted molar refractivity (Wildman–Crippen MR) is 200 cm³/mol. The van der Waals surface area contributed by atoms with E-state index in [-0.39, 0.29) is 0 Å². The van der Waals surface area contributed by atoms with Crippen LogP contribution in [-0.4, -0.2) is 0 Å². The summed E-state index contributed by atoms with van der Waals surface area (Å²) in [5.41, 5.74) is -5.97. The first-order valence-corrected chi connectivity index (χ1v) is 13.9. The number of hydrogen-bond acceptors (Lipinski definition) is 1. The van der Waals surface area contributed by atoms with Crippen LogP contribution in [0.15, 0.2) is 174 Å². The maximum absolute atomic E-state index is 9.96. The van der Waals surface area contributed by atoms with Crippen molar-refractivity contribution in [3.05, 3.63) is 169 Å². The molecule has 0 radical (unpaired) electrons. The van der Waals surface area contributed by atoms with E-state index in [1.807, 2.05) is 0 Å². The second-order valence-corrected chi connectivity index (χ2v) is 10.3. The van der Waals surface area contributed by atoms with E-state index in [0.717, 1.165) is 0 Å². The van der Waals surface area contributed by atoms with Gasteiger partial charge in [0.1, 0.15) is 11.2 Å². The fraction of sp³-hybridized carbons (Fsp3) is 0. The van der Waals surface area contributed by atoms with Gasteiger partial charge in [0.25, 0.3) is 0 Å². The Labute approximate surface area is 311 Å². The Morgan fingerprint density at radius 3 is 1.62 bits per heavy atom. The van der Waals surface area contributed by atoms with Crippen molar-refractivity contribution in [3.63, 3.8) is 0 Å². The van der Waals surface area contributed by atoms with Gasteiger partial charge in [-0.3, -0.25) is 0 Å². The van der Waals surface area contributed by atoms with Crippen LogP contribution in [0.4, 0.5) is 0 Å². The Bertz CT molecular complexity index is 4330. The Morgan fingerprint density at radius 2 is 0.915 bits per heavy atom. The van der Waals surface area contributed by atoms with Crippen LogP contribution in [0.25, 0.3) is 98.4 Å². The molecule has 0 saturated heterocycles. The van der Waals surface area contributed by atoms with Crippen molar-refractivity contribution in [1.82, 2.24) is 0 Å². The lowest BCUT2D eigenvalue weighted by Crippen LogP contribution is -1.92. The summed E-state index contributed by atoms with van der Waals surface area (Å²) in [5.74, 6) is 0. The summed E-state index contributed by atoms with van der Waals surface area (Å²) in [4.78, 5) is 0. The SMILES string of the molecule is [2H]c1c([2H])c([2H])c(-c2c([2H])c(-c3c4c([2H])c([2H])c([2H])c([2H])c4c(-c4c([2H])c([2H])c5oc6c7c([2H])c([2H])c([2H])c([2H])c7c([2H])c([2H])c6c5c4[2H])c4c([2H])c([2H])c([2H])c([2H])c34)c([2H])c3c([2H])c([2H])c([2H])c([2H])c23)c([2H])c1[2H]. The molecule has 0 N–H and O–H groups in total. The third-order valence-corrected chi connectivity index (χ3v) is 7.75. The average molecular weight is 625 g/mol. The third-order valence-electron chi connectivity index (χ3n) is 7.75. The molecular weight excluding hydrogens is 569 g/mol. The van der Waals surface area contributed by atoms with Crippen molar-refractivity contribution < 1.29 is 42.8 Å². The molecular formula is C46H28O. The molecule has 1 heterocycles. The van der Waals surface area contributed by atoms with Gasteiger partial charge in [-0.25, -0.2) is 0 Å². The first kappa shape index (κ1) is 10.7. The highest BCUT2D eigenvalue weighted by molar-refractivity contribution is 6.23. The molecule has 10 rings (SSSR count). The minimum absolute atomic E-state index is 0.427. The molecule has 0 aliphatic carbocycles. The summed E-state index contributed by atoms with van der Waals surface area (Å²) in [6, 6.07) is -26.2. The molecule has 0 aliphatic rings.